The molecule has 1 atom stereocenters. The Morgan fingerprint density at radius 1 is 0.976 bits per heavy atom. The Morgan fingerprint density at radius 3 is 2.22 bits per heavy atom. The highest BCUT2D eigenvalue weighted by atomic mass is 35.5. The van der Waals surface area contributed by atoms with Crippen molar-refractivity contribution >= 4 is 39.1 Å². The van der Waals surface area contributed by atoms with Gasteiger partial charge in [0.05, 0.1) is 10.6 Å². The Balaban J connectivity index is 1.69. The van der Waals surface area contributed by atoms with Gasteiger partial charge in [0.15, 0.2) is 0 Å². The minimum Gasteiger partial charge on any atom is -0.352 e. The molecule has 0 spiro atoms. The van der Waals surface area contributed by atoms with E-state index in [-0.39, 0.29) is 23.4 Å². The van der Waals surface area contributed by atoms with Gasteiger partial charge in [-0.25, -0.2) is 8.42 Å². The fourth-order valence-electron chi connectivity index (χ4n) is 5.40. The van der Waals surface area contributed by atoms with Crippen molar-refractivity contribution in [1.29, 1.82) is 0 Å². The summed E-state index contributed by atoms with van der Waals surface area (Å²) in [4.78, 5) is 29.3. The van der Waals surface area contributed by atoms with Crippen molar-refractivity contribution < 1.29 is 18.0 Å². The van der Waals surface area contributed by atoms with Crippen LogP contribution in [0.5, 0.6) is 0 Å². The van der Waals surface area contributed by atoms with Gasteiger partial charge in [0, 0.05) is 17.6 Å². The molecule has 218 valence electrons. The van der Waals surface area contributed by atoms with Crippen molar-refractivity contribution in [2.24, 2.45) is 0 Å². The van der Waals surface area contributed by atoms with Gasteiger partial charge >= 0.3 is 0 Å². The molecule has 9 heteroatoms. The number of carbonyl (C=O) groups is 2. The van der Waals surface area contributed by atoms with Crippen LogP contribution in [0.1, 0.15) is 50.2 Å². The summed E-state index contributed by atoms with van der Waals surface area (Å²) in [6, 6.07) is 22.1. The Hall–Kier alpha value is -3.36. The zero-order valence-electron chi connectivity index (χ0n) is 23.6. The van der Waals surface area contributed by atoms with Gasteiger partial charge in [-0.05, 0) is 74.1 Å². The molecular weight excluding hydrogens is 558 g/mol. The zero-order valence-corrected chi connectivity index (χ0v) is 25.2. The summed E-state index contributed by atoms with van der Waals surface area (Å²) in [5, 5.41) is 3.61. The lowest BCUT2D eigenvalue weighted by molar-refractivity contribution is -0.139. The Labute approximate surface area is 248 Å². The number of aryl methyl sites for hydroxylation is 1. The predicted octanol–water partition coefficient (Wildman–Crippen LogP) is 5.75. The molecule has 1 fully saturated rings. The number of anilines is 1. The molecule has 1 N–H and O–H groups in total. The Kier molecular flexibility index (Phi) is 10.5. The molecule has 1 aliphatic carbocycles. The number of sulfonamides is 1. The van der Waals surface area contributed by atoms with Crippen LogP contribution in [0.3, 0.4) is 0 Å². The molecule has 0 aromatic heterocycles. The molecular formula is C32H38ClN3O4S. The first-order chi connectivity index (χ1) is 19.7. The van der Waals surface area contributed by atoms with E-state index in [0.29, 0.717) is 29.1 Å². The summed E-state index contributed by atoms with van der Waals surface area (Å²) in [5.41, 5.74) is 2.00. The molecule has 41 heavy (non-hydrogen) atoms. The van der Waals surface area contributed by atoms with E-state index in [1.54, 1.807) is 48.2 Å². The van der Waals surface area contributed by atoms with E-state index >= 15 is 0 Å². The van der Waals surface area contributed by atoms with E-state index in [0.717, 1.165) is 35.6 Å². The molecule has 2 amide bonds. The Morgan fingerprint density at radius 2 is 1.61 bits per heavy atom. The minimum absolute atomic E-state index is 0.0732. The molecule has 7 nitrogen and oxygen atoms in total. The van der Waals surface area contributed by atoms with Crippen LogP contribution < -0.4 is 9.62 Å². The number of rotatable bonds is 12. The summed E-state index contributed by atoms with van der Waals surface area (Å²) >= 11 is 6.19. The average molecular weight is 596 g/mol. The van der Waals surface area contributed by atoms with E-state index in [2.05, 4.69) is 5.32 Å². The van der Waals surface area contributed by atoms with Crippen LogP contribution in [0.4, 0.5) is 5.69 Å². The third-order valence-corrected chi connectivity index (χ3v) is 9.62. The maximum Gasteiger partial charge on any atom is 0.264 e. The SMILES string of the molecule is CC[C@H](C(=O)NC1CCCC1)N(CCc1ccccc1)C(=O)CN(c1ccc(Cl)cc1C)S(=O)(=O)c1ccccc1. The van der Waals surface area contributed by atoms with E-state index in [1.807, 2.05) is 37.3 Å². The zero-order chi connectivity index (χ0) is 29.4. The van der Waals surface area contributed by atoms with Crippen molar-refractivity contribution in [1.82, 2.24) is 10.2 Å². The van der Waals surface area contributed by atoms with Crippen LogP contribution >= 0.6 is 11.6 Å². The third kappa shape index (κ3) is 7.68. The van der Waals surface area contributed by atoms with Gasteiger partial charge in [0.25, 0.3) is 10.0 Å². The molecule has 3 aromatic carbocycles. The van der Waals surface area contributed by atoms with Gasteiger partial charge in [-0.2, -0.15) is 0 Å². The fourth-order valence-corrected chi connectivity index (χ4v) is 7.12. The van der Waals surface area contributed by atoms with Gasteiger partial charge < -0.3 is 10.2 Å². The fraction of sp³-hybridized carbons (Fsp3) is 0.375. The summed E-state index contributed by atoms with van der Waals surface area (Å²) in [6.45, 7) is 3.46. The number of nitrogens with zero attached hydrogens (tertiary/aromatic N) is 2. The maximum absolute atomic E-state index is 14.2. The van der Waals surface area contributed by atoms with Crippen LogP contribution in [0, 0.1) is 6.92 Å². The second kappa shape index (κ2) is 14.0. The predicted molar refractivity (Wildman–Crippen MR) is 163 cm³/mol. The second-order valence-corrected chi connectivity index (χ2v) is 12.8. The van der Waals surface area contributed by atoms with Gasteiger partial charge in [0.1, 0.15) is 12.6 Å². The van der Waals surface area contributed by atoms with E-state index in [9.17, 15) is 18.0 Å². The van der Waals surface area contributed by atoms with Crippen LogP contribution in [0.25, 0.3) is 0 Å². The molecule has 1 saturated carbocycles. The number of hydrogen-bond acceptors (Lipinski definition) is 4. The first kappa shape index (κ1) is 30.6. The normalized spacial score (nSPS) is 14.4. The lowest BCUT2D eigenvalue weighted by Crippen LogP contribution is -2.54. The lowest BCUT2D eigenvalue weighted by atomic mass is 10.1. The molecule has 0 heterocycles. The molecule has 0 bridgehead atoms. The van der Waals surface area contributed by atoms with Gasteiger partial charge in [-0.3, -0.25) is 13.9 Å². The first-order valence-electron chi connectivity index (χ1n) is 14.2. The monoisotopic (exact) mass is 595 g/mol. The van der Waals surface area contributed by atoms with E-state index < -0.39 is 28.5 Å². The smallest absolute Gasteiger partial charge is 0.264 e. The van der Waals surface area contributed by atoms with Crippen molar-refractivity contribution in [3.05, 3.63) is 95.0 Å². The van der Waals surface area contributed by atoms with Gasteiger partial charge in [0.2, 0.25) is 11.8 Å². The highest BCUT2D eigenvalue weighted by Crippen LogP contribution is 2.29. The molecule has 0 radical (unpaired) electrons. The van der Waals surface area contributed by atoms with Crippen LogP contribution in [0.15, 0.2) is 83.8 Å². The molecule has 3 aromatic rings. The van der Waals surface area contributed by atoms with E-state index in [4.69, 9.17) is 11.6 Å². The number of amides is 2. The Bertz CT molecular complexity index is 1430. The quantitative estimate of drug-likeness (QED) is 0.289. The van der Waals surface area contributed by atoms with Crippen LogP contribution in [0.2, 0.25) is 5.02 Å². The second-order valence-electron chi connectivity index (χ2n) is 10.5. The summed E-state index contributed by atoms with van der Waals surface area (Å²) in [5.74, 6) is -0.635. The average Bonchev–Trinajstić information content (AvgIpc) is 3.48. The molecule has 0 saturated heterocycles. The molecule has 1 aliphatic rings. The minimum atomic E-state index is -4.11. The first-order valence-corrected chi connectivity index (χ1v) is 16.0. The number of carbonyl (C=O) groups excluding carboxylic acids is 2. The topological polar surface area (TPSA) is 86.8 Å². The van der Waals surface area contributed by atoms with Crippen molar-refractivity contribution in [2.45, 2.75) is 69.4 Å². The van der Waals surface area contributed by atoms with Crippen LogP contribution in [-0.2, 0) is 26.0 Å². The van der Waals surface area contributed by atoms with Crippen molar-refractivity contribution in [3.8, 4) is 0 Å². The maximum atomic E-state index is 14.2. The van der Waals surface area contributed by atoms with Gasteiger partial charge in [-0.1, -0.05) is 79.9 Å². The number of nitrogens with one attached hydrogen (secondary N) is 1. The van der Waals surface area contributed by atoms with Crippen molar-refractivity contribution in [3.63, 3.8) is 0 Å². The molecule has 0 aliphatic heterocycles. The lowest BCUT2D eigenvalue weighted by Gasteiger charge is -2.34. The van der Waals surface area contributed by atoms with Gasteiger partial charge in [-0.15, -0.1) is 0 Å². The van der Waals surface area contributed by atoms with E-state index in [1.165, 1.54) is 12.1 Å². The third-order valence-electron chi connectivity index (χ3n) is 7.61. The number of hydrogen-bond donors (Lipinski definition) is 1. The number of benzene rings is 3. The van der Waals surface area contributed by atoms with Crippen molar-refractivity contribution in [2.75, 3.05) is 17.4 Å². The van der Waals surface area contributed by atoms with Crippen LogP contribution in [-0.4, -0.2) is 50.3 Å². The summed E-state index contributed by atoms with van der Waals surface area (Å²) in [6.07, 6.45) is 4.95. The standard InChI is InChI=1S/C32H38ClN3O4S/c1-3-29(32(38)34-27-14-10-11-15-27)35(21-20-25-12-6-4-7-13-25)31(37)23-36(30-19-18-26(33)22-24(30)2)41(39,40)28-16-8-5-9-17-28/h4-9,12-13,16-19,22,27,29H,3,10-11,14-15,20-21,23H2,1-2H3,(H,34,38)/t29-/m1/s1. The molecule has 0 unspecified atom stereocenters. The number of halogens is 1. The highest BCUT2D eigenvalue weighted by Gasteiger charge is 2.34. The largest absolute Gasteiger partial charge is 0.352 e. The molecule has 4 rings (SSSR count). The highest BCUT2D eigenvalue weighted by molar-refractivity contribution is 7.92. The summed E-state index contributed by atoms with van der Waals surface area (Å²) in [7, 11) is -4.11. The summed E-state index contributed by atoms with van der Waals surface area (Å²) < 4.78 is 29.0.